The van der Waals surface area contributed by atoms with Gasteiger partial charge < -0.3 is 12.4 Å². The van der Waals surface area contributed by atoms with Gasteiger partial charge in [0.1, 0.15) is 0 Å². The Kier molecular flexibility index (Phi) is 6.74. The number of hydrogen-bond donors (Lipinski definition) is 0. The molecule has 0 bridgehead atoms. The van der Waals surface area contributed by atoms with Crippen LogP contribution in [0.5, 0.6) is 0 Å². The Balaban J connectivity index is 0. The molecule has 1 aromatic carbocycles. The molecule has 0 heterocycles. The summed E-state index contributed by atoms with van der Waals surface area (Å²) in [6.45, 7) is 0. The first-order chi connectivity index (χ1) is 5.00. The van der Waals surface area contributed by atoms with Gasteiger partial charge in [-0.2, -0.15) is 25.3 Å². The molecule has 0 spiro atoms. The fourth-order valence-electron chi connectivity index (χ4n) is 0.607. The van der Waals surface area contributed by atoms with Gasteiger partial charge in [0.25, 0.3) is 0 Å². The van der Waals surface area contributed by atoms with E-state index in [4.69, 9.17) is 0 Å². The Morgan fingerprint density at radius 3 is 2.00 bits per heavy atom. The summed E-state index contributed by atoms with van der Waals surface area (Å²) < 4.78 is 47.5. The molecule has 0 aliphatic heterocycles. The minimum absolute atomic E-state index is 0. The van der Waals surface area contributed by atoms with Gasteiger partial charge >= 0.3 is 29.2 Å². The zero-order valence-corrected chi connectivity index (χ0v) is 8.50. The summed E-state index contributed by atoms with van der Waals surface area (Å²) in [5.74, 6) is -0.931. The summed E-state index contributed by atoms with van der Waals surface area (Å²) in [6.07, 6.45) is -4.49. The van der Waals surface area contributed by atoms with Crippen molar-refractivity contribution in [3.05, 3.63) is 35.6 Å². The number of hydrogen-bond acceptors (Lipinski definition) is 0. The first-order valence-corrected chi connectivity index (χ1v) is 2.74. The van der Waals surface area contributed by atoms with E-state index < -0.39 is 17.6 Å². The van der Waals surface area contributed by atoms with E-state index in [9.17, 15) is 17.6 Å². The van der Waals surface area contributed by atoms with E-state index in [1.807, 2.05) is 6.07 Å². The van der Waals surface area contributed by atoms with Crippen LogP contribution in [-0.4, -0.2) is 23.1 Å². The number of halogens is 5. The van der Waals surface area contributed by atoms with Crippen LogP contribution in [0, 0.1) is 11.9 Å². The molecule has 13 heavy (non-hydrogen) atoms. The van der Waals surface area contributed by atoms with Gasteiger partial charge in [-0.15, -0.1) is 12.1 Å². The smallest absolute Gasteiger partial charge is 1.00 e. The van der Waals surface area contributed by atoms with E-state index in [1.54, 1.807) is 0 Å². The first kappa shape index (κ1) is 15.5. The number of rotatable bonds is 0. The Hall–Kier alpha value is -0.00377. The molecule has 1 aromatic rings. The minimum atomic E-state index is -4.49. The van der Waals surface area contributed by atoms with Crippen LogP contribution in [0.4, 0.5) is 17.6 Å². The van der Waals surface area contributed by atoms with Gasteiger partial charge in [-0.3, -0.25) is 4.39 Å². The standard InChI is InChI=1S/C7H3F4.ClH.Mg/c8-6-3-1-2-5(4-6)7(9,10)11;;/h2-4H;1H;/q-1;;+2/p-1. The third kappa shape index (κ3) is 4.68. The molecule has 0 saturated heterocycles. The maximum Gasteiger partial charge on any atom is 2.00 e. The molecular formula is C7H3ClF4Mg. The second-order valence-electron chi connectivity index (χ2n) is 1.94. The fourth-order valence-corrected chi connectivity index (χ4v) is 0.607. The average molecular weight is 223 g/mol. The van der Waals surface area contributed by atoms with Gasteiger partial charge in [0.2, 0.25) is 0 Å². The van der Waals surface area contributed by atoms with Gasteiger partial charge in [0, 0.05) is 5.82 Å². The third-order valence-corrected chi connectivity index (χ3v) is 1.08. The molecule has 0 saturated carbocycles. The second kappa shape index (κ2) is 5.67. The van der Waals surface area contributed by atoms with Crippen LogP contribution < -0.4 is 12.4 Å². The second-order valence-corrected chi connectivity index (χ2v) is 1.94. The summed E-state index contributed by atoms with van der Waals surface area (Å²) in [6, 6.07) is 4.01. The van der Waals surface area contributed by atoms with Crippen molar-refractivity contribution in [2.75, 3.05) is 0 Å². The molecule has 0 amide bonds. The maximum absolute atomic E-state index is 12.2. The molecule has 0 atom stereocenters. The van der Waals surface area contributed by atoms with Crippen molar-refractivity contribution in [2.24, 2.45) is 0 Å². The van der Waals surface area contributed by atoms with E-state index in [1.165, 1.54) is 0 Å². The summed E-state index contributed by atoms with van der Waals surface area (Å²) in [5, 5.41) is 0. The van der Waals surface area contributed by atoms with Gasteiger partial charge in [-0.05, 0) is 0 Å². The van der Waals surface area contributed by atoms with Crippen molar-refractivity contribution >= 4 is 23.1 Å². The summed E-state index contributed by atoms with van der Waals surface area (Å²) in [4.78, 5) is 0. The van der Waals surface area contributed by atoms with E-state index in [0.29, 0.717) is 12.1 Å². The zero-order valence-electron chi connectivity index (χ0n) is 6.33. The van der Waals surface area contributed by atoms with Crippen LogP contribution in [0.1, 0.15) is 5.56 Å². The van der Waals surface area contributed by atoms with Gasteiger partial charge in [-0.1, -0.05) is 5.56 Å². The average Bonchev–Trinajstić information content (AvgIpc) is 1.86. The van der Waals surface area contributed by atoms with Crippen molar-refractivity contribution in [2.45, 2.75) is 6.18 Å². The van der Waals surface area contributed by atoms with E-state index >= 15 is 0 Å². The molecule has 0 unspecified atom stereocenters. The van der Waals surface area contributed by atoms with Gasteiger partial charge in [0.15, 0.2) is 0 Å². The monoisotopic (exact) mass is 222 g/mol. The Morgan fingerprint density at radius 1 is 1.15 bits per heavy atom. The van der Waals surface area contributed by atoms with Crippen molar-refractivity contribution in [1.82, 2.24) is 0 Å². The van der Waals surface area contributed by atoms with Crippen LogP contribution in [0.25, 0.3) is 0 Å². The molecular weight excluding hydrogens is 220 g/mol. The van der Waals surface area contributed by atoms with E-state index in [0.717, 1.165) is 6.07 Å². The van der Waals surface area contributed by atoms with Gasteiger partial charge in [-0.25, -0.2) is 0 Å². The van der Waals surface area contributed by atoms with Gasteiger partial charge in [0.05, 0.1) is 0 Å². The Labute approximate surface area is 94.9 Å². The van der Waals surface area contributed by atoms with Crippen molar-refractivity contribution < 1.29 is 30.0 Å². The normalized spacial score (nSPS) is 9.85. The maximum atomic E-state index is 12.2. The predicted octanol–water partition coefficient (Wildman–Crippen LogP) is -0.732. The SMILES string of the molecule is Fc1c[c-]cc(C(F)(F)F)c1.[Cl-].[Mg+2]. The Bertz CT molecular complexity index is 261. The molecule has 0 aliphatic carbocycles. The predicted molar refractivity (Wildman–Crippen MR) is 36.0 cm³/mol. The molecule has 68 valence electrons. The zero-order chi connectivity index (χ0) is 8.48. The molecule has 0 nitrogen and oxygen atoms in total. The first-order valence-electron chi connectivity index (χ1n) is 2.74. The minimum Gasteiger partial charge on any atom is -1.00 e. The van der Waals surface area contributed by atoms with Crippen LogP contribution in [-0.2, 0) is 6.18 Å². The molecule has 0 fully saturated rings. The quantitative estimate of drug-likeness (QED) is 0.309. The van der Waals surface area contributed by atoms with Crippen LogP contribution in [0.3, 0.4) is 0 Å². The molecule has 0 aromatic heterocycles. The van der Waals surface area contributed by atoms with Crippen molar-refractivity contribution in [3.8, 4) is 0 Å². The summed E-state index contributed by atoms with van der Waals surface area (Å²) >= 11 is 0. The van der Waals surface area contributed by atoms with Crippen LogP contribution >= 0.6 is 0 Å². The molecule has 6 heteroatoms. The van der Waals surface area contributed by atoms with Crippen molar-refractivity contribution in [1.29, 1.82) is 0 Å². The summed E-state index contributed by atoms with van der Waals surface area (Å²) in [5.41, 5.74) is -1.02. The molecule has 0 radical (unpaired) electrons. The number of alkyl halides is 3. The molecule has 1 rings (SSSR count). The van der Waals surface area contributed by atoms with Crippen LogP contribution in [0.2, 0.25) is 0 Å². The largest absolute Gasteiger partial charge is 2.00 e. The fraction of sp³-hybridized carbons (Fsp3) is 0.143. The molecule has 0 N–H and O–H groups in total. The topological polar surface area (TPSA) is 0 Å². The molecule has 0 aliphatic rings. The van der Waals surface area contributed by atoms with Crippen molar-refractivity contribution in [3.63, 3.8) is 0 Å². The Morgan fingerprint density at radius 2 is 1.69 bits per heavy atom. The third-order valence-electron chi connectivity index (χ3n) is 1.08. The summed E-state index contributed by atoms with van der Waals surface area (Å²) in [7, 11) is 0. The number of benzene rings is 1. The van der Waals surface area contributed by atoms with Crippen LogP contribution in [0.15, 0.2) is 18.2 Å². The van der Waals surface area contributed by atoms with E-state index in [-0.39, 0.29) is 35.5 Å². The van der Waals surface area contributed by atoms with E-state index in [2.05, 4.69) is 0 Å².